The molecule has 0 saturated heterocycles. The molecule has 0 aliphatic heterocycles. The highest BCUT2D eigenvalue weighted by Crippen LogP contribution is 2.35. The number of benzene rings is 3. The molecule has 0 radical (unpaired) electrons. The quantitative estimate of drug-likeness (QED) is 0.162. The number of rotatable bonds is 11. The van der Waals surface area contributed by atoms with E-state index in [1.807, 2.05) is 24.3 Å². The molecule has 1 heterocycles. The molecule has 6 nitrogen and oxygen atoms in total. The van der Waals surface area contributed by atoms with Crippen molar-refractivity contribution < 1.29 is 27.9 Å². The van der Waals surface area contributed by atoms with E-state index in [-0.39, 0.29) is 24.7 Å². The summed E-state index contributed by atoms with van der Waals surface area (Å²) >= 11 is 0. The minimum absolute atomic E-state index is 0.117. The Bertz CT molecular complexity index is 1350. The first-order chi connectivity index (χ1) is 18.0. The van der Waals surface area contributed by atoms with E-state index in [1.165, 1.54) is 6.07 Å². The van der Waals surface area contributed by atoms with Gasteiger partial charge in [0, 0.05) is 30.7 Å². The van der Waals surface area contributed by atoms with Crippen molar-refractivity contribution in [1.82, 2.24) is 5.16 Å². The number of aromatic nitrogens is 1. The van der Waals surface area contributed by atoms with Crippen molar-refractivity contribution in [2.75, 3.05) is 20.3 Å². The maximum atomic E-state index is 14.7. The van der Waals surface area contributed by atoms with Crippen LogP contribution in [0.2, 0.25) is 0 Å². The van der Waals surface area contributed by atoms with Gasteiger partial charge in [0.2, 0.25) is 0 Å². The third kappa shape index (κ3) is 6.24. The second-order valence-electron chi connectivity index (χ2n) is 8.54. The molecule has 0 amide bonds. The first-order valence-corrected chi connectivity index (χ1v) is 12.2. The largest absolute Gasteiger partial charge is 0.491 e. The Morgan fingerprint density at radius 3 is 2.51 bits per heavy atom. The summed E-state index contributed by atoms with van der Waals surface area (Å²) in [4.78, 5) is 11.4. The summed E-state index contributed by atoms with van der Waals surface area (Å²) in [5.41, 5.74) is 6.30. The van der Waals surface area contributed by atoms with Crippen LogP contribution in [0.3, 0.4) is 0 Å². The van der Waals surface area contributed by atoms with E-state index in [9.17, 15) is 9.18 Å². The van der Waals surface area contributed by atoms with Gasteiger partial charge in [0.05, 0.1) is 19.8 Å². The van der Waals surface area contributed by atoms with Crippen molar-refractivity contribution in [3.8, 4) is 39.5 Å². The molecule has 0 aliphatic carbocycles. The molecular weight excluding hydrogens is 473 g/mol. The van der Waals surface area contributed by atoms with Gasteiger partial charge in [-0.25, -0.2) is 4.39 Å². The van der Waals surface area contributed by atoms with Gasteiger partial charge in [-0.2, -0.15) is 0 Å². The Morgan fingerprint density at radius 1 is 1.00 bits per heavy atom. The molecule has 0 fully saturated rings. The average Bonchev–Trinajstić information content (AvgIpc) is 3.39. The number of methoxy groups -OCH3 is 1. The fourth-order valence-electron chi connectivity index (χ4n) is 4.20. The molecule has 37 heavy (non-hydrogen) atoms. The van der Waals surface area contributed by atoms with Gasteiger partial charge in [-0.1, -0.05) is 47.6 Å². The van der Waals surface area contributed by atoms with Crippen LogP contribution in [-0.2, 0) is 20.9 Å². The number of halogens is 1. The first-order valence-electron chi connectivity index (χ1n) is 12.2. The van der Waals surface area contributed by atoms with Crippen LogP contribution in [0.25, 0.3) is 33.7 Å². The Kier molecular flexibility index (Phi) is 8.69. The smallest absolute Gasteiger partial charge is 0.305 e. The van der Waals surface area contributed by atoms with Crippen LogP contribution in [0.1, 0.15) is 30.9 Å². The molecular formula is C30H30FNO5. The molecule has 0 atom stereocenters. The first kappa shape index (κ1) is 26.1. The fourth-order valence-corrected chi connectivity index (χ4v) is 4.20. The summed E-state index contributed by atoms with van der Waals surface area (Å²) in [6.07, 6.45) is 0.672. The van der Waals surface area contributed by atoms with Gasteiger partial charge in [0.1, 0.15) is 5.69 Å². The molecule has 0 bridgehead atoms. The molecule has 0 aliphatic rings. The van der Waals surface area contributed by atoms with E-state index in [0.717, 1.165) is 27.8 Å². The van der Waals surface area contributed by atoms with Crippen molar-refractivity contribution in [2.45, 2.75) is 33.3 Å². The molecule has 192 valence electrons. The van der Waals surface area contributed by atoms with Gasteiger partial charge in [-0.15, -0.1) is 0 Å². The molecule has 7 heteroatoms. The Labute approximate surface area is 216 Å². The molecule has 0 spiro atoms. The number of ether oxygens (including phenoxy) is 3. The summed E-state index contributed by atoms with van der Waals surface area (Å²) in [6.45, 7) is 4.78. The van der Waals surface area contributed by atoms with Gasteiger partial charge in [-0.3, -0.25) is 4.79 Å². The molecule has 1 aromatic heterocycles. The SMILES string of the molecule is CCOC(=O)CCCOc1ccc(-c2cc(-c3ccc(-c4ccccc4)c(C)c3COC)on2)cc1F. The molecule has 0 N–H and O–H groups in total. The monoisotopic (exact) mass is 503 g/mol. The minimum atomic E-state index is -0.513. The van der Waals surface area contributed by atoms with Gasteiger partial charge in [0.25, 0.3) is 0 Å². The zero-order valence-electron chi connectivity index (χ0n) is 21.3. The maximum absolute atomic E-state index is 14.7. The van der Waals surface area contributed by atoms with E-state index in [1.54, 1.807) is 32.2 Å². The number of carbonyl (C=O) groups is 1. The minimum Gasteiger partial charge on any atom is -0.491 e. The van der Waals surface area contributed by atoms with Gasteiger partial charge < -0.3 is 18.7 Å². The summed E-state index contributed by atoms with van der Waals surface area (Å²) in [5.74, 6) is -0.112. The standard InChI is InChI=1S/C30H30FNO5/c1-4-35-30(33)11-8-16-36-28-15-12-22(17-26(28)31)27-18-29(37-32-27)24-14-13-23(20(2)25(24)19-34-3)21-9-6-5-7-10-21/h5-7,9-10,12-15,17-18H,4,8,11,16,19H2,1-3H3. The van der Waals surface area contributed by atoms with Crippen molar-refractivity contribution in [3.63, 3.8) is 0 Å². The lowest BCUT2D eigenvalue weighted by Gasteiger charge is -2.15. The molecule has 4 aromatic rings. The number of nitrogens with zero attached hydrogens (tertiary/aromatic N) is 1. The fraction of sp³-hybridized carbons (Fsp3) is 0.267. The normalized spacial score (nSPS) is 10.9. The predicted octanol–water partition coefficient (Wildman–Crippen LogP) is 6.99. The van der Waals surface area contributed by atoms with Crippen molar-refractivity contribution >= 4 is 5.97 Å². The zero-order valence-corrected chi connectivity index (χ0v) is 21.3. The summed E-state index contributed by atoms with van der Waals surface area (Å²) in [5, 5.41) is 4.18. The van der Waals surface area contributed by atoms with E-state index < -0.39 is 5.82 Å². The van der Waals surface area contributed by atoms with Gasteiger partial charge in [0.15, 0.2) is 17.3 Å². The van der Waals surface area contributed by atoms with Crippen molar-refractivity contribution in [3.05, 3.63) is 83.7 Å². The van der Waals surface area contributed by atoms with E-state index >= 15 is 0 Å². The summed E-state index contributed by atoms with van der Waals surface area (Å²) in [6, 6.07) is 20.7. The maximum Gasteiger partial charge on any atom is 0.305 e. The highest BCUT2D eigenvalue weighted by atomic mass is 19.1. The Balaban J connectivity index is 1.52. The number of hydrogen-bond donors (Lipinski definition) is 0. The number of hydrogen-bond acceptors (Lipinski definition) is 6. The lowest BCUT2D eigenvalue weighted by molar-refractivity contribution is -0.143. The van der Waals surface area contributed by atoms with Crippen molar-refractivity contribution in [2.24, 2.45) is 0 Å². The average molecular weight is 504 g/mol. The summed E-state index contributed by atoms with van der Waals surface area (Å²) in [7, 11) is 1.66. The molecule has 0 unspecified atom stereocenters. The Morgan fingerprint density at radius 2 is 1.78 bits per heavy atom. The van der Waals surface area contributed by atoms with Crippen LogP contribution in [0.15, 0.2) is 71.3 Å². The van der Waals surface area contributed by atoms with Crippen LogP contribution >= 0.6 is 0 Å². The predicted molar refractivity (Wildman–Crippen MR) is 140 cm³/mol. The molecule has 3 aromatic carbocycles. The third-order valence-corrected chi connectivity index (χ3v) is 6.06. The highest BCUT2D eigenvalue weighted by Gasteiger charge is 2.18. The second-order valence-corrected chi connectivity index (χ2v) is 8.54. The highest BCUT2D eigenvalue weighted by molar-refractivity contribution is 5.77. The molecule has 4 rings (SSSR count). The van der Waals surface area contributed by atoms with E-state index in [0.29, 0.717) is 36.7 Å². The summed E-state index contributed by atoms with van der Waals surface area (Å²) < 4.78 is 36.3. The topological polar surface area (TPSA) is 70.8 Å². The van der Waals surface area contributed by atoms with Gasteiger partial charge in [-0.05, 0) is 60.7 Å². The van der Waals surface area contributed by atoms with Crippen LogP contribution in [0.5, 0.6) is 5.75 Å². The van der Waals surface area contributed by atoms with Crippen LogP contribution < -0.4 is 4.74 Å². The lowest BCUT2D eigenvalue weighted by atomic mass is 9.92. The van der Waals surface area contributed by atoms with Crippen LogP contribution in [0, 0.1) is 12.7 Å². The molecule has 0 saturated carbocycles. The number of esters is 1. The van der Waals surface area contributed by atoms with Crippen molar-refractivity contribution in [1.29, 1.82) is 0 Å². The Hall–Kier alpha value is -3.97. The van der Waals surface area contributed by atoms with Gasteiger partial charge >= 0.3 is 5.97 Å². The van der Waals surface area contributed by atoms with E-state index in [4.69, 9.17) is 18.7 Å². The lowest BCUT2D eigenvalue weighted by Crippen LogP contribution is -2.07. The third-order valence-electron chi connectivity index (χ3n) is 6.06. The number of carbonyl (C=O) groups excluding carboxylic acids is 1. The van der Waals surface area contributed by atoms with Crippen LogP contribution in [0.4, 0.5) is 4.39 Å². The second kappa shape index (κ2) is 12.3. The van der Waals surface area contributed by atoms with E-state index in [2.05, 4.69) is 30.3 Å². The zero-order chi connectivity index (χ0) is 26.2. The van der Waals surface area contributed by atoms with Crippen LogP contribution in [-0.4, -0.2) is 31.4 Å².